The lowest BCUT2D eigenvalue weighted by molar-refractivity contribution is -0.139. The molecule has 0 aliphatic carbocycles. The molecule has 0 bridgehead atoms. The highest BCUT2D eigenvalue weighted by Crippen LogP contribution is 2.46. The number of benzene rings is 3. The molecule has 1 aliphatic heterocycles. The number of amides is 1. The van der Waals surface area contributed by atoms with Crippen molar-refractivity contribution in [1.82, 2.24) is 24.8 Å². The molecule has 2 atom stereocenters. The highest BCUT2D eigenvalue weighted by atomic mass is 35.5. The second-order valence-electron chi connectivity index (χ2n) is 10.7. The van der Waals surface area contributed by atoms with Gasteiger partial charge in [0.2, 0.25) is 0 Å². The lowest BCUT2D eigenvalue weighted by Crippen LogP contribution is -2.44. The Kier molecular flexibility index (Phi) is 7.74. The van der Waals surface area contributed by atoms with Gasteiger partial charge in [-0.2, -0.15) is 0 Å². The third-order valence-corrected chi connectivity index (χ3v) is 8.13. The molecule has 0 saturated heterocycles. The Balaban J connectivity index is 1.24. The van der Waals surface area contributed by atoms with Gasteiger partial charge in [0.05, 0.1) is 34.5 Å². The molecule has 0 saturated carbocycles. The topological polar surface area (TPSA) is 129 Å². The maximum absolute atomic E-state index is 14.0. The second-order valence-corrected chi connectivity index (χ2v) is 11.2. The molecule has 220 valence electrons. The molecule has 6 rings (SSSR count). The molecular formula is C32H31ClN6O4. The Morgan fingerprint density at radius 3 is 2.74 bits per heavy atom. The highest BCUT2D eigenvalue weighted by molar-refractivity contribution is 6.31. The van der Waals surface area contributed by atoms with Crippen molar-refractivity contribution >= 4 is 34.1 Å². The lowest BCUT2D eigenvalue weighted by Gasteiger charge is -2.27. The highest BCUT2D eigenvalue weighted by Gasteiger charge is 2.52. The minimum atomic E-state index is -1.82. The number of halogens is 1. The molecule has 10 nitrogen and oxygen atoms in total. The summed E-state index contributed by atoms with van der Waals surface area (Å²) in [5.74, 6) is -1.00. The van der Waals surface area contributed by atoms with Crippen molar-refractivity contribution in [3.05, 3.63) is 117 Å². The fourth-order valence-electron chi connectivity index (χ4n) is 5.62. The minimum Gasteiger partial charge on any atom is -0.396 e. The first-order chi connectivity index (χ1) is 20.8. The van der Waals surface area contributed by atoms with Crippen LogP contribution in [0.5, 0.6) is 0 Å². The largest absolute Gasteiger partial charge is 0.396 e. The number of nitrogens with zero attached hydrogens (tertiary/aromatic N) is 5. The molecule has 11 heteroatoms. The third-order valence-electron chi connectivity index (χ3n) is 7.90. The van der Waals surface area contributed by atoms with Gasteiger partial charge >= 0.3 is 0 Å². The van der Waals surface area contributed by atoms with Gasteiger partial charge in [0.1, 0.15) is 0 Å². The zero-order valence-electron chi connectivity index (χ0n) is 23.5. The molecule has 5 aromatic rings. The average molecular weight is 599 g/mol. The zero-order chi connectivity index (χ0) is 30.1. The fraction of sp³-hybridized carbons (Fsp3) is 0.250. The summed E-state index contributed by atoms with van der Waals surface area (Å²) in [4.78, 5) is 28.6. The number of anilines is 1. The van der Waals surface area contributed by atoms with Crippen molar-refractivity contribution in [3.63, 3.8) is 0 Å². The van der Waals surface area contributed by atoms with Gasteiger partial charge in [0, 0.05) is 42.3 Å². The van der Waals surface area contributed by atoms with E-state index in [1.165, 1.54) is 4.68 Å². The van der Waals surface area contributed by atoms with Crippen molar-refractivity contribution < 1.29 is 15.0 Å². The molecule has 3 heterocycles. The number of hydrogen-bond acceptors (Lipinski definition) is 6. The molecule has 3 N–H and O–H groups in total. The van der Waals surface area contributed by atoms with E-state index < -0.39 is 17.4 Å². The summed E-state index contributed by atoms with van der Waals surface area (Å²) in [7, 11) is 0. The fourth-order valence-corrected chi connectivity index (χ4v) is 5.79. The van der Waals surface area contributed by atoms with Crippen LogP contribution in [0.1, 0.15) is 30.2 Å². The van der Waals surface area contributed by atoms with E-state index in [1.807, 2.05) is 54.6 Å². The van der Waals surface area contributed by atoms with Crippen molar-refractivity contribution in [2.75, 3.05) is 11.5 Å². The van der Waals surface area contributed by atoms with E-state index in [9.17, 15) is 14.7 Å². The first-order valence-electron chi connectivity index (χ1n) is 14.1. The summed E-state index contributed by atoms with van der Waals surface area (Å²) >= 11 is 6.34. The van der Waals surface area contributed by atoms with Crippen LogP contribution in [0.3, 0.4) is 0 Å². The van der Waals surface area contributed by atoms with Crippen molar-refractivity contribution in [1.29, 1.82) is 0 Å². The van der Waals surface area contributed by atoms with Crippen LogP contribution in [-0.4, -0.2) is 47.5 Å². The van der Waals surface area contributed by atoms with Gasteiger partial charge in [-0.25, -0.2) is 4.68 Å². The Hall–Kier alpha value is -4.51. The number of fused-ring (bicyclic) bond motifs is 2. The molecule has 0 spiro atoms. The third kappa shape index (κ3) is 5.29. The molecule has 1 amide bonds. The maximum Gasteiger partial charge on any atom is 0.279 e. The number of allylic oxidation sites excluding steroid dienone is 1. The lowest BCUT2D eigenvalue weighted by atomic mass is 9.83. The Bertz CT molecular complexity index is 1890. The number of H-pyrrole nitrogens is 1. The van der Waals surface area contributed by atoms with Crippen molar-refractivity contribution in [3.8, 4) is 5.69 Å². The number of nitrogens with one attached hydrogen (secondary N) is 1. The molecule has 0 radical (unpaired) electrons. The van der Waals surface area contributed by atoms with Crippen LogP contribution in [0.25, 0.3) is 16.6 Å². The molecule has 2 aromatic heterocycles. The van der Waals surface area contributed by atoms with Gasteiger partial charge in [0.25, 0.3) is 11.5 Å². The SMILES string of the molecule is C[C@@H](/C=C/CCn1cc(CCO)nn1)[C@]1(O)C(=O)N(Cc2cccc(-n3[nH]c4ccccc4c3=O)c2)c2ccc(Cl)cc21. The molecule has 43 heavy (non-hydrogen) atoms. The Morgan fingerprint density at radius 2 is 1.93 bits per heavy atom. The molecule has 3 aromatic carbocycles. The van der Waals surface area contributed by atoms with Crippen LogP contribution in [0.2, 0.25) is 5.02 Å². The van der Waals surface area contributed by atoms with E-state index in [1.54, 1.807) is 47.0 Å². The number of aromatic nitrogens is 5. The second kappa shape index (κ2) is 11.6. The van der Waals surface area contributed by atoms with E-state index in [-0.39, 0.29) is 18.7 Å². The average Bonchev–Trinajstić information content (AvgIpc) is 3.66. The first kappa shape index (κ1) is 28.6. The van der Waals surface area contributed by atoms with E-state index in [0.29, 0.717) is 46.7 Å². The van der Waals surface area contributed by atoms with Gasteiger partial charge in [-0.3, -0.25) is 19.4 Å². The summed E-state index contributed by atoms with van der Waals surface area (Å²) in [6.45, 7) is 2.58. The molecular weight excluding hydrogens is 568 g/mol. The summed E-state index contributed by atoms with van der Waals surface area (Å²) in [6, 6.07) is 19.8. The number of carbonyl (C=O) groups excluding carboxylic acids is 1. The zero-order valence-corrected chi connectivity index (χ0v) is 24.3. The summed E-state index contributed by atoms with van der Waals surface area (Å²) in [5.41, 5.74) is 1.96. The summed E-state index contributed by atoms with van der Waals surface area (Å²) < 4.78 is 3.19. The number of aromatic amines is 1. The van der Waals surface area contributed by atoms with Gasteiger partial charge in [-0.1, -0.05) is 60.2 Å². The number of hydrogen-bond donors (Lipinski definition) is 3. The van der Waals surface area contributed by atoms with Crippen LogP contribution in [0.15, 0.2) is 89.9 Å². The monoisotopic (exact) mass is 598 g/mol. The quantitative estimate of drug-likeness (QED) is 0.207. The van der Waals surface area contributed by atoms with Gasteiger partial charge < -0.3 is 15.1 Å². The van der Waals surface area contributed by atoms with E-state index in [0.717, 1.165) is 16.8 Å². The standard InChI is InChI=1S/C32H31ClN6O4/c1-21(7-4-5-15-37-20-24(14-16-40)34-36-37)32(43)27-18-23(33)12-13-29(27)38(31(32)42)19-22-8-6-9-25(17-22)39-30(41)26-10-2-3-11-28(26)35-39/h2-4,6-13,17-18,20-21,35,40,43H,5,14-16,19H2,1H3/b7-4+/t21-,32+/m0/s1. The smallest absolute Gasteiger partial charge is 0.279 e. The van der Waals surface area contributed by atoms with Gasteiger partial charge in [-0.15, -0.1) is 5.10 Å². The number of para-hydroxylation sites is 1. The number of aryl methyl sites for hydroxylation is 1. The van der Waals surface area contributed by atoms with Crippen LogP contribution >= 0.6 is 11.6 Å². The van der Waals surface area contributed by atoms with Crippen molar-refractivity contribution in [2.45, 2.75) is 38.5 Å². The predicted octanol–water partition coefficient (Wildman–Crippen LogP) is 4.12. The van der Waals surface area contributed by atoms with Crippen LogP contribution in [0.4, 0.5) is 5.69 Å². The van der Waals surface area contributed by atoms with E-state index >= 15 is 0 Å². The van der Waals surface area contributed by atoms with Crippen LogP contribution in [-0.2, 0) is 29.9 Å². The van der Waals surface area contributed by atoms with Crippen molar-refractivity contribution in [2.24, 2.45) is 5.92 Å². The normalized spacial score (nSPS) is 17.3. The maximum atomic E-state index is 14.0. The molecule has 1 aliphatic rings. The minimum absolute atomic E-state index is 0.0147. The van der Waals surface area contributed by atoms with Gasteiger partial charge in [-0.05, 0) is 54.4 Å². The van der Waals surface area contributed by atoms with Gasteiger partial charge in [0.15, 0.2) is 5.60 Å². The summed E-state index contributed by atoms with van der Waals surface area (Å²) in [5, 5.41) is 33.3. The van der Waals surface area contributed by atoms with E-state index in [2.05, 4.69) is 15.4 Å². The number of aliphatic hydroxyl groups excluding tert-OH is 1. The first-order valence-corrected chi connectivity index (χ1v) is 14.5. The van der Waals surface area contributed by atoms with E-state index in [4.69, 9.17) is 16.7 Å². The number of rotatable bonds is 10. The number of aliphatic hydroxyl groups is 2. The molecule has 0 fully saturated rings. The summed E-state index contributed by atoms with van der Waals surface area (Å²) in [6.07, 6.45) is 6.61. The number of carbonyl (C=O) groups is 1. The van der Waals surface area contributed by atoms with Crippen LogP contribution in [0, 0.1) is 5.92 Å². The molecule has 0 unspecified atom stereocenters. The van der Waals surface area contributed by atoms with Crippen LogP contribution < -0.4 is 10.5 Å². The Morgan fingerprint density at radius 1 is 1.09 bits per heavy atom. The Labute approximate surface area is 252 Å². The predicted molar refractivity (Wildman–Crippen MR) is 164 cm³/mol.